The van der Waals surface area contributed by atoms with E-state index in [-0.39, 0.29) is 49.9 Å². The lowest BCUT2D eigenvalue weighted by Crippen LogP contribution is -1.98. The highest BCUT2D eigenvalue weighted by atomic mass is 32.2. The molecule has 0 atom stereocenters. The first-order chi connectivity index (χ1) is 51.5. The van der Waals surface area contributed by atoms with E-state index < -0.39 is 20.2 Å². The van der Waals surface area contributed by atoms with E-state index >= 15 is 0 Å². The highest BCUT2D eigenvalue weighted by molar-refractivity contribution is 7.86. The molecule has 6 aromatic heterocycles. The summed E-state index contributed by atoms with van der Waals surface area (Å²) in [7, 11) is -9.41. The third-order valence-electron chi connectivity index (χ3n) is 19.1. The van der Waals surface area contributed by atoms with Gasteiger partial charge in [-0.1, -0.05) is 145 Å². The lowest BCUT2D eigenvalue weighted by atomic mass is 10.0. The van der Waals surface area contributed by atoms with Gasteiger partial charge in [-0.3, -0.25) is 9.11 Å². The molecule has 4 aliphatic heterocycles. The molecule has 10 aromatic carbocycles. The Hall–Kier alpha value is -14.0. The summed E-state index contributed by atoms with van der Waals surface area (Å²) in [6.45, 7) is 2.05. The average Bonchev–Trinajstić information content (AvgIpc) is 1.60. The molecule has 16 aromatic rings. The SMILES string of the molecule is Cc1ccc(C=Cc2ccc3c(c2)-c2nc-3nc3[nH]c(nc4nc(nc5[nH]c(n2)c2ccc(S(=O)(=O)O)cc52)-c2ccc(Oc5ccc6c7nc8nc(nc9[nH]c(nc%10nc(nc([nH]7)c6c5)-c5cc(S(=O)(=O)O)ccc5-%10)c5cc(C=Cc6ccccc6)ccc95)-c5ccccc5-8)cc2-4)c2ccccc32)cc1. The third kappa shape index (κ3) is 10.7. The first-order valence-electron chi connectivity index (χ1n) is 33.4. The van der Waals surface area contributed by atoms with Gasteiger partial charge in [-0.15, -0.1) is 0 Å². The highest BCUT2D eigenvalue weighted by Gasteiger charge is 2.28. The maximum Gasteiger partial charge on any atom is 0.294 e. The maximum atomic E-state index is 12.9. The van der Waals surface area contributed by atoms with Crippen LogP contribution in [0.15, 0.2) is 222 Å². The van der Waals surface area contributed by atoms with Crippen molar-refractivity contribution in [3.8, 4) is 103 Å². The molecule has 16 bridgehead atoms. The number of aromatic amines is 4. The number of hydrogen-bond donors (Lipinski definition) is 6. The van der Waals surface area contributed by atoms with Crippen LogP contribution < -0.4 is 4.74 Å². The number of ether oxygens (including phenoxy) is 1. The van der Waals surface area contributed by atoms with Gasteiger partial charge in [0.2, 0.25) is 0 Å². The number of nitrogens with one attached hydrogen (secondary N) is 4. The van der Waals surface area contributed by atoms with Gasteiger partial charge in [-0.2, -0.15) is 16.8 Å². The minimum absolute atomic E-state index is 0.0765. The van der Waals surface area contributed by atoms with Crippen molar-refractivity contribution in [3.63, 3.8) is 0 Å². The van der Waals surface area contributed by atoms with E-state index in [4.69, 9.17) is 64.5 Å². The van der Waals surface area contributed by atoms with Crippen LogP contribution in [-0.4, -0.2) is 106 Å². The molecule has 106 heavy (non-hydrogen) atoms. The number of nitrogens with zero attached hydrogens (tertiary/aromatic N) is 12. The van der Waals surface area contributed by atoms with Gasteiger partial charge >= 0.3 is 0 Å². The van der Waals surface area contributed by atoms with E-state index in [0.29, 0.717) is 118 Å². The van der Waals surface area contributed by atoms with Crippen LogP contribution in [0, 0.1) is 6.92 Å². The van der Waals surface area contributed by atoms with Crippen molar-refractivity contribution in [2.75, 3.05) is 0 Å². The zero-order valence-corrected chi connectivity index (χ0v) is 56.8. The summed E-state index contributed by atoms with van der Waals surface area (Å²) < 4.78 is 79.1. The fraction of sp³-hybridized carbons (Fsp3) is 0.0123. The molecular formula is C81H48N16O7S2. The van der Waals surface area contributed by atoms with Gasteiger partial charge in [0.15, 0.2) is 46.6 Å². The number of fused-ring (bicyclic) bond motifs is 40. The molecule has 25 heteroatoms. The second-order valence-corrected chi connectivity index (χ2v) is 28.6. The molecule has 0 fully saturated rings. The monoisotopic (exact) mass is 1420 g/mol. The highest BCUT2D eigenvalue weighted by Crippen LogP contribution is 2.43. The summed E-state index contributed by atoms with van der Waals surface area (Å²) in [5, 5.41) is 4.89. The molecular weight excluding hydrogens is 1370 g/mol. The minimum Gasteiger partial charge on any atom is -0.457 e. The largest absolute Gasteiger partial charge is 0.457 e. The average molecular weight is 1420 g/mol. The number of H-pyrrole nitrogens is 4. The molecule has 0 saturated carbocycles. The van der Waals surface area contributed by atoms with Crippen LogP contribution in [0.25, 0.3) is 204 Å². The molecule has 0 amide bonds. The Bertz CT molecular complexity index is 7280. The fourth-order valence-electron chi connectivity index (χ4n) is 13.9. The van der Waals surface area contributed by atoms with Crippen LogP contribution in [0.1, 0.15) is 27.8 Å². The summed E-state index contributed by atoms with van der Waals surface area (Å²) in [5.74, 6) is 2.94. The van der Waals surface area contributed by atoms with Crippen LogP contribution in [0.2, 0.25) is 0 Å². The van der Waals surface area contributed by atoms with E-state index in [1.165, 1.54) is 24.3 Å². The molecule has 23 nitrogen and oxygen atoms in total. The smallest absolute Gasteiger partial charge is 0.294 e. The Morgan fingerprint density at radius 3 is 1.12 bits per heavy atom. The number of rotatable bonds is 8. The van der Waals surface area contributed by atoms with Gasteiger partial charge < -0.3 is 24.7 Å². The topological polar surface area (TPSA) is 336 Å². The first-order valence-corrected chi connectivity index (χ1v) is 36.2. The van der Waals surface area contributed by atoms with Gasteiger partial charge in [0.25, 0.3) is 20.2 Å². The van der Waals surface area contributed by atoms with Crippen LogP contribution in [0.3, 0.4) is 0 Å². The van der Waals surface area contributed by atoms with Gasteiger partial charge in [0.1, 0.15) is 56.7 Å². The van der Waals surface area contributed by atoms with Gasteiger partial charge in [0, 0.05) is 87.6 Å². The number of benzene rings is 10. The molecule has 0 aliphatic carbocycles. The van der Waals surface area contributed by atoms with Crippen LogP contribution in [-0.2, 0) is 20.2 Å². The summed E-state index contributed by atoms with van der Waals surface area (Å²) in [4.78, 5) is 74.7. The third-order valence-corrected chi connectivity index (χ3v) is 20.8. The lowest BCUT2D eigenvalue weighted by molar-refractivity contribution is 0.481. The van der Waals surface area contributed by atoms with Crippen molar-refractivity contribution in [1.82, 2.24) is 79.7 Å². The molecule has 0 saturated heterocycles. The van der Waals surface area contributed by atoms with Gasteiger partial charge in [0.05, 0.1) is 9.79 Å². The van der Waals surface area contributed by atoms with Crippen LogP contribution >= 0.6 is 0 Å². The van der Waals surface area contributed by atoms with E-state index in [9.17, 15) is 25.9 Å². The standard InChI is InChI=1S/C81H48N16O7S2/c1-41-15-17-43(18-16-41)20-22-45-24-30-55-61(36-45)77-89-71(55)85-68-52-13-7-8-14-53(52)69(83-68)87-78-62-37-46(26-32-57(62)73(93-78)94-80-64-39-48(105(98,99)100)27-33-58(64)74(90-77)95-80)104-47-25-31-56-63(38-47)79-92-72(56)86-67-51-12-6-5-11-50(51)66(82-67)84-70-54-29-23-44(21-19-42-9-3-2-4-10-42)35-60(54)76(88-70)91-75-59-34-28-49(106(101,102)103)40-65(59)81(96-75)97-79/h2-40H,1H3,(H,98,99,100)(H,101,102,103)(H2,82,84,86,88,91,92,96,97)(H2,83,85,87,89,90,93,94,95). The Labute approximate surface area is 599 Å². The molecule has 0 radical (unpaired) electrons. The zero-order valence-electron chi connectivity index (χ0n) is 55.1. The summed E-state index contributed by atoms with van der Waals surface area (Å²) in [6.07, 6.45) is 8.10. The lowest BCUT2D eigenvalue weighted by Gasteiger charge is -2.08. The quantitative estimate of drug-likeness (QED) is 0.0608. The van der Waals surface area contributed by atoms with Crippen molar-refractivity contribution in [1.29, 1.82) is 0 Å². The van der Waals surface area contributed by atoms with Crippen LogP contribution in [0.4, 0.5) is 0 Å². The molecule has 10 heterocycles. The van der Waals surface area contributed by atoms with Crippen molar-refractivity contribution in [3.05, 3.63) is 240 Å². The Morgan fingerprint density at radius 2 is 0.594 bits per heavy atom. The maximum absolute atomic E-state index is 12.9. The normalized spacial score (nSPS) is 12.6. The first kappa shape index (κ1) is 61.9. The zero-order chi connectivity index (χ0) is 71.3. The van der Waals surface area contributed by atoms with E-state index in [1.54, 1.807) is 42.5 Å². The molecule has 0 unspecified atom stereocenters. The number of hydrogen-bond acceptors (Lipinski definition) is 17. The number of aryl methyl sites for hydroxylation is 1. The second-order valence-electron chi connectivity index (χ2n) is 25.8. The predicted molar refractivity (Wildman–Crippen MR) is 407 cm³/mol. The van der Waals surface area contributed by atoms with E-state index in [1.807, 2.05) is 153 Å². The van der Waals surface area contributed by atoms with Gasteiger partial charge in [-0.25, -0.2) is 59.8 Å². The van der Waals surface area contributed by atoms with E-state index in [0.717, 1.165) is 60.5 Å². The number of aromatic nitrogens is 16. The molecule has 6 N–H and O–H groups in total. The van der Waals surface area contributed by atoms with Gasteiger partial charge in [-0.05, 0) is 126 Å². The van der Waals surface area contributed by atoms with Crippen molar-refractivity contribution >= 4 is 133 Å². The van der Waals surface area contributed by atoms with Crippen molar-refractivity contribution < 1.29 is 30.7 Å². The summed E-state index contributed by atoms with van der Waals surface area (Å²) >= 11 is 0. The minimum atomic E-state index is -4.71. The van der Waals surface area contributed by atoms with Crippen molar-refractivity contribution in [2.24, 2.45) is 0 Å². The van der Waals surface area contributed by atoms with E-state index in [2.05, 4.69) is 44.2 Å². The fourth-order valence-corrected chi connectivity index (χ4v) is 14.9. The van der Waals surface area contributed by atoms with Crippen LogP contribution in [0.5, 0.6) is 11.5 Å². The van der Waals surface area contributed by atoms with Crippen molar-refractivity contribution in [2.45, 2.75) is 16.7 Å². The molecule has 506 valence electrons. The molecule has 4 aliphatic rings. The second kappa shape index (κ2) is 23.5. The molecule has 0 spiro atoms. The Balaban J connectivity index is 0.757. The Morgan fingerprint density at radius 1 is 0.274 bits per heavy atom. The Kier molecular flexibility index (Phi) is 13.7. The predicted octanol–water partition coefficient (Wildman–Crippen LogP) is 17.0. The molecule has 20 rings (SSSR count). The summed E-state index contributed by atoms with van der Waals surface area (Å²) in [5.41, 5.74) is 12.6. The summed E-state index contributed by atoms with van der Waals surface area (Å²) in [6, 6.07) is 64.7.